The van der Waals surface area contributed by atoms with Gasteiger partial charge in [0.2, 0.25) is 0 Å². The van der Waals surface area contributed by atoms with E-state index in [2.05, 4.69) is 75.0 Å². The van der Waals surface area contributed by atoms with Gasteiger partial charge in [-0.25, -0.2) is 4.99 Å². The van der Waals surface area contributed by atoms with Gasteiger partial charge in [-0.05, 0) is 107 Å². The lowest BCUT2D eigenvalue weighted by Crippen LogP contribution is -2.49. The molecule has 2 aliphatic rings. The topological polar surface area (TPSA) is 44.7 Å². The number of benzene rings is 2. The summed E-state index contributed by atoms with van der Waals surface area (Å²) in [6.07, 6.45) is 4.32. The third-order valence-corrected chi connectivity index (χ3v) is 6.89. The van der Waals surface area contributed by atoms with Gasteiger partial charge in [0.15, 0.2) is 5.17 Å². The summed E-state index contributed by atoms with van der Waals surface area (Å²) in [5.41, 5.74) is 7.96. The van der Waals surface area contributed by atoms with Gasteiger partial charge in [0.1, 0.15) is 0 Å². The van der Waals surface area contributed by atoms with Gasteiger partial charge in [0.05, 0.1) is 16.1 Å². The van der Waals surface area contributed by atoms with Crippen molar-refractivity contribution in [1.29, 1.82) is 0 Å². The average Bonchev–Trinajstić information content (AvgIpc) is 3.02. The number of anilines is 1. The van der Waals surface area contributed by atoms with Crippen molar-refractivity contribution in [2.45, 2.75) is 60.0 Å². The molecule has 0 spiro atoms. The molecule has 0 aromatic heterocycles. The van der Waals surface area contributed by atoms with E-state index in [-0.39, 0.29) is 11.4 Å². The highest BCUT2D eigenvalue weighted by molar-refractivity contribution is 8.18. The molecule has 0 radical (unpaired) electrons. The Morgan fingerprint density at radius 2 is 1.78 bits per heavy atom. The molecule has 0 saturated carbocycles. The second kappa shape index (κ2) is 8.28. The average molecular weight is 446 g/mol. The molecule has 166 valence electrons. The normalized spacial score (nSPS) is 20.1. The maximum atomic E-state index is 12.6. The second-order valence-corrected chi connectivity index (χ2v) is 10.5. The van der Waals surface area contributed by atoms with Crippen molar-refractivity contribution in [2.75, 3.05) is 4.90 Å². The molecule has 0 aliphatic carbocycles. The zero-order chi connectivity index (χ0) is 23.2. The molecular formula is C27H31N3OS. The summed E-state index contributed by atoms with van der Waals surface area (Å²) in [5, 5.41) is 3.51. The van der Waals surface area contributed by atoms with E-state index in [1.54, 1.807) is 0 Å². The van der Waals surface area contributed by atoms with Crippen LogP contribution in [0.15, 0.2) is 52.4 Å². The van der Waals surface area contributed by atoms with E-state index in [0.29, 0.717) is 16.1 Å². The lowest BCUT2D eigenvalue weighted by molar-refractivity contribution is -0.115. The fraction of sp³-hybridized carbons (Fsp3) is 0.333. The quantitative estimate of drug-likeness (QED) is 0.541. The van der Waals surface area contributed by atoms with Gasteiger partial charge in [-0.1, -0.05) is 23.8 Å². The SMILES string of the molecule is CC1=CC(C)(C)N(C(C)C)c2cc(C)c(/C=C3\SC(=Nc4ccc(C)cc4)NC3=O)cc21. The predicted molar refractivity (Wildman–Crippen MR) is 139 cm³/mol. The van der Waals surface area contributed by atoms with Crippen LogP contribution in [0.3, 0.4) is 0 Å². The van der Waals surface area contributed by atoms with Crippen molar-refractivity contribution >= 4 is 45.9 Å². The summed E-state index contributed by atoms with van der Waals surface area (Å²) in [7, 11) is 0. The molecular weight excluding hydrogens is 414 g/mol. The molecule has 2 aromatic rings. The minimum Gasteiger partial charge on any atom is -0.360 e. The van der Waals surface area contributed by atoms with Crippen LogP contribution in [0.4, 0.5) is 11.4 Å². The molecule has 1 N–H and O–H groups in total. The lowest BCUT2D eigenvalue weighted by Gasteiger charge is -2.46. The fourth-order valence-electron chi connectivity index (χ4n) is 4.67. The molecule has 1 amide bonds. The Kier molecular flexibility index (Phi) is 5.80. The van der Waals surface area contributed by atoms with Gasteiger partial charge in [-0.15, -0.1) is 0 Å². The molecule has 4 rings (SSSR count). The second-order valence-electron chi connectivity index (χ2n) is 9.49. The zero-order valence-corrected chi connectivity index (χ0v) is 20.7. The largest absolute Gasteiger partial charge is 0.360 e. The summed E-state index contributed by atoms with van der Waals surface area (Å²) in [6, 6.07) is 12.8. The van der Waals surface area contributed by atoms with Crippen LogP contribution >= 0.6 is 11.8 Å². The number of aryl methyl sites for hydroxylation is 2. The Morgan fingerprint density at radius 3 is 2.44 bits per heavy atom. The van der Waals surface area contributed by atoms with E-state index in [1.807, 2.05) is 37.3 Å². The van der Waals surface area contributed by atoms with Gasteiger partial charge in [0.25, 0.3) is 5.91 Å². The van der Waals surface area contributed by atoms with E-state index >= 15 is 0 Å². The van der Waals surface area contributed by atoms with Crippen LogP contribution < -0.4 is 10.2 Å². The molecule has 0 atom stereocenters. The molecule has 2 aliphatic heterocycles. The van der Waals surface area contributed by atoms with Crippen LogP contribution in [0.2, 0.25) is 0 Å². The van der Waals surface area contributed by atoms with Crippen LogP contribution in [0.1, 0.15) is 56.9 Å². The fourth-order valence-corrected chi connectivity index (χ4v) is 5.50. The van der Waals surface area contributed by atoms with Gasteiger partial charge in [0, 0.05) is 17.3 Å². The Morgan fingerprint density at radius 1 is 1.09 bits per heavy atom. The number of nitrogens with zero attached hydrogens (tertiary/aromatic N) is 2. The van der Waals surface area contributed by atoms with E-state index in [9.17, 15) is 4.79 Å². The number of carbonyl (C=O) groups excluding carboxylic acids is 1. The molecule has 1 saturated heterocycles. The number of amidine groups is 1. The summed E-state index contributed by atoms with van der Waals surface area (Å²) in [4.78, 5) is 20.3. The molecule has 0 unspecified atom stereocenters. The summed E-state index contributed by atoms with van der Waals surface area (Å²) < 4.78 is 0. The van der Waals surface area contributed by atoms with Crippen LogP contribution in [0.25, 0.3) is 11.6 Å². The number of carbonyl (C=O) groups is 1. The standard InChI is InChI=1S/C27H31N3OS/c1-16(2)30-23-12-18(4)20(13-22(23)19(5)15-27(30,6)7)14-24-25(31)29-26(32-24)28-21-10-8-17(3)9-11-21/h8-16H,1-7H3,(H,28,29,31)/b24-14-. The van der Waals surface area contributed by atoms with Crippen molar-refractivity contribution < 1.29 is 4.79 Å². The number of fused-ring (bicyclic) bond motifs is 1. The predicted octanol–water partition coefficient (Wildman–Crippen LogP) is 6.61. The molecule has 4 nitrogen and oxygen atoms in total. The third kappa shape index (κ3) is 4.26. The number of nitrogens with one attached hydrogen (secondary N) is 1. The Labute approximate surface area is 195 Å². The van der Waals surface area contributed by atoms with Crippen molar-refractivity contribution in [3.63, 3.8) is 0 Å². The first-order chi connectivity index (χ1) is 15.0. The number of thioether (sulfide) groups is 1. The van der Waals surface area contributed by atoms with E-state index in [4.69, 9.17) is 0 Å². The molecule has 0 bridgehead atoms. The lowest BCUT2D eigenvalue weighted by atomic mass is 9.86. The minimum absolute atomic E-state index is 0.0415. The first-order valence-corrected chi connectivity index (χ1v) is 11.9. The highest BCUT2D eigenvalue weighted by Gasteiger charge is 2.33. The Bertz CT molecular complexity index is 1170. The van der Waals surface area contributed by atoms with Crippen molar-refractivity contribution in [2.24, 2.45) is 4.99 Å². The number of hydrogen-bond acceptors (Lipinski definition) is 4. The van der Waals surface area contributed by atoms with Gasteiger partial charge in [-0.2, -0.15) is 0 Å². The summed E-state index contributed by atoms with van der Waals surface area (Å²) in [6.45, 7) is 15.3. The third-order valence-electron chi connectivity index (χ3n) is 5.98. The van der Waals surface area contributed by atoms with Crippen molar-refractivity contribution in [1.82, 2.24) is 5.32 Å². The van der Waals surface area contributed by atoms with Crippen LogP contribution in [-0.2, 0) is 4.79 Å². The number of allylic oxidation sites excluding steroid dienone is 1. The van der Waals surface area contributed by atoms with E-state index < -0.39 is 0 Å². The van der Waals surface area contributed by atoms with Crippen LogP contribution in [-0.4, -0.2) is 22.7 Å². The highest BCUT2D eigenvalue weighted by Crippen LogP contribution is 2.42. The monoisotopic (exact) mass is 445 g/mol. The Hall–Kier alpha value is -2.79. The maximum Gasteiger partial charge on any atom is 0.264 e. The Balaban J connectivity index is 1.69. The molecule has 32 heavy (non-hydrogen) atoms. The highest BCUT2D eigenvalue weighted by atomic mass is 32.2. The number of aliphatic imine (C=N–C) groups is 1. The minimum atomic E-state index is -0.102. The van der Waals surface area contributed by atoms with Crippen LogP contribution in [0, 0.1) is 13.8 Å². The van der Waals surface area contributed by atoms with Gasteiger partial charge < -0.3 is 10.2 Å². The van der Waals surface area contributed by atoms with Crippen molar-refractivity contribution in [3.8, 4) is 0 Å². The van der Waals surface area contributed by atoms with E-state index in [0.717, 1.165) is 16.8 Å². The number of rotatable bonds is 3. The first kappa shape index (κ1) is 22.4. The van der Waals surface area contributed by atoms with Crippen molar-refractivity contribution in [3.05, 3.63) is 69.6 Å². The molecule has 5 heteroatoms. The van der Waals surface area contributed by atoms with Gasteiger partial charge >= 0.3 is 0 Å². The number of amides is 1. The molecule has 2 aromatic carbocycles. The summed E-state index contributed by atoms with van der Waals surface area (Å²) in [5.74, 6) is -0.102. The summed E-state index contributed by atoms with van der Waals surface area (Å²) >= 11 is 1.39. The molecule has 2 heterocycles. The van der Waals surface area contributed by atoms with Gasteiger partial charge in [-0.3, -0.25) is 4.79 Å². The smallest absolute Gasteiger partial charge is 0.264 e. The van der Waals surface area contributed by atoms with Crippen LogP contribution in [0.5, 0.6) is 0 Å². The molecule has 1 fully saturated rings. The zero-order valence-electron chi connectivity index (χ0n) is 19.9. The number of hydrogen-bond donors (Lipinski definition) is 1. The first-order valence-electron chi connectivity index (χ1n) is 11.1. The van der Waals surface area contributed by atoms with E-state index in [1.165, 1.54) is 34.1 Å². The maximum absolute atomic E-state index is 12.6.